The molecule has 0 spiro atoms. The molecule has 2 atom stereocenters. The molecular formula is C14H22N2O2S. The molecular weight excluding hydrogens is 260 g/mol. The van der Waals surface area contributed by atoms with Gasteiger partial charge in [-0.2, -0.15) is 16.9 Å². The molecule has 19 heavy (non-hydrogen) atoms. The molecule has 0 amide bonds. The lowest BCUT2D eigenvalue weighted by Crippen LogP contribution is -2.24. The minimum atomic E-state index is -0.104. The summed E-state index contributed by atoms with van der Waals surface area (Å²) in [5.74, 6) is 1.87. The maximum atomic E-state index is 12.1. The van der Waals surface area contributed by atoms with Crippen molar-refractivity contribution in [2.45, 2.75) is 39.7 Å². The molecule has 5 heteroatoms. The Morgan fingerprint density at radius 3 is 2.84 bits per heavy atom. The third-order valence-electron chi connectivity index (χ3n) is 3.74. The van der Waals surface area contributed by atoms with E-state index in [1.54, 1.807) is 0 Å². The minimum absolute atomic E-state index is 0.0739. The standard InChI is InChI=1S/C14H22N2O2S/c1-9(14(17)18-12-5-6-19-8-12)7-13-10(2)15-16(4)11(13)3/h9,12H,5-8H2,1-4H3/t9-,12-/m1/s1. The lowest BCUT2D eigenvalue weighted by Gasteiger charge is -2.15. The largest absolute Gasteiger partial charge is 0.461 e. The van der Waals surface area contributed by atoms with Crippen LogP contribution in [0.15, 0.2) is 0 Å². The van der Waals surface area contributed by atoms with Crippen molar-refractivity contribution >= 4 is 17.7 Å². The van der Waals surface area contributed by atoms with Gasteiger partial charge in [-0.1, -0.05) is 6.92 Å². The molecule has 4 nitrogen and oxygen atoms in total. The third kappa shape index (κ3) is 3.32. The second-order valence-electron chi connectivity index (χ2n) is 5.30. The molecule has 0 saturated carbocycles. The number of hydrogen-bond donors (Lipinski definition) is 0. The Balaban J connectivity index is 1.95. The first-order chi connectivity index (χ1) is 8.99. The van der Waals surface area contributed by atoms with Crippen LogP contribution in [0.1, 0.15) is 30.3 Å². The van der Waals surface area contributed by atoms with Crippen LogP contribution in [-0.4, -0.2) is 33.4 Å². The van der Waals surface area contributed by atoms with Crippen molar-refractivity contribution in [2.75, 3.05) is 11.5 Å². The average Bonchev–Trinajstić information content (AvgIpc) is 2.94. The van der Waals surface area contributed by atoms with Gasteiger partial charge in [0.1, 0.15) is 6.10 Å². The SMILES string of the molecule is Cc1nn(C)c(C)c1C[C@@H](C)C(=O)O[C@@H]1CCSC1. The second-order valence-corrected chi connectivity index (χ2v) is 6.45. The van der Waals surface area contributed by atoms with Gasteiger partial charge in [0.2, 0.25) is 0 Å². The number of aryl methyl sites for hydroxylation is 2. The molecule has 0 radical (unpaired) electrons. The van der Waals surface area contributed by atoms with Gasteiger partial charge in [-0.15, -0.1) is 0 Å². The zero-order valence-electron chi connectivity index (χ0n) is 12.1. The molecule has 0 unspecified atom stereocenters. The Morgan fingerprint density at radius 2 is 2.32 bits per heavy atom. The van der Waals surface area contributed by atoms with Crippen molar-refractivity contribution in [3.05, 3.63) is 17.0 Å². The quantitative estimate of drug-likeness (QED) is 0.795. The molecule has 1 saturated heterocycles. The highest BCUT2D eigenvalue weighted by atomic mass is 32.2. The fraction of sp³-hybridized carbons (Fsp3) is 0.714. The number of esters is 1. The molecule has 1 aliphatic rings. The monoisotopic (exact) mass is 282 g/mol. The molecule has 0 N–H and O–H groups in total. The van der Waals surface area contributed by atoms with E-state index in [0.29, 0.717) is 6.42 Å². The van der Waals surface area contributed by atoms with Gasteiger partial charge in [0, 0.05) is 18.5 Å². The van der Waals surface area contributed by atoms with Crippen molar-refractivity contribution in [1.29, 1.82) is 0 Å². The highest BCUT2D eigenvalue weighted by Gasteiger charge is 2.24. The Bertz CT molecular complexity index is 464. The van der Waals surface area contributed by atoms with Gasteiger partial charge in [0.05, 0.1) is 11.6 Å². The molecule has 2 heterocycles. The smallest absolute Gasteiger partial charge is 0.309 e. The maximum Gasteiger partial charge on any atom is 0.309 e. The lowest BCUT2D eigenvalue weighted by atomic mass is 10.00. The summed E-state index contributed by atoms with van der Waals surface area (Å²) in [6.45, 7) is 5.98. The van der Waals surface area contributed by atoms with Crippen LogP contribution in [0.3, 0.4) is 0 Å². The number of rotatable bonds is 4. The zero-order chi connectivity index (χ0) is 14.0. The fourth-order valence-corrected chi connectivity index (χ4v) is 3.48. The van der Waals surface area contributed by atoms with Gasteiger partial charge in [-0.05, 0) is 38.0 Å². The Hall–Kier alpha value is -0.970. The van der Waals surface area contributed by atoms with E-state index >= 15 is 0 Å². The van der Waals surface area contributed by atoms with Crippen LogP contribution in [-0.2, 0) is 23.0 Å². The third-order valence-corrected chi connectivity index (χ3v) is 4.87. The van der Waals surface area contributed by atoms with Gasteiger partial charge in [-0.25, -0.2) is 0 Å². The summed E-state index contributed by atoms with van der Waals surface area (Å²) >= 11 is 1.86. The van der Waals surface area contributed by atoms with E-state index in [1.807, 2.05) is 44.3 Å². The van der Waals surface area contributed by atoms with E-state index in [2.05, 4.69) is 5.10 Å². The van der Waals surface area contributed by atoms with Crippen LogP contribution in [0, 0.1) is 19.8 Å². The van der Waals surface area contributed by atoms with Gasteiger partial charge in [0.15, 0.2) is 0 Å². The van der Waals surface area contributed by atoms with E-state index < -0.39 is 0 Å². The normalized spacial score (nSPS) is 20.5. The van der Waals surface area contributed by atoms with Crippen molar-refractivity contribution < 1.29 is 9.53 Å². The summed E-state index contributed by atoms with van der Waals surface area (Å²) in [5, 5.41) is 4.39. The van der Waals surface area contributed by atoms with Gasteiger partial charge < -0.3 is 4.74 Å². The predicted octanol–water partition coefficient (Wildman–Crippen LogP) is 2.26. The highest BCUT2D eigenvalue weighted by Crippen LogP contribution is 2.23. The summed E-state index contributed by atoms with van der Waals surface area (Å²) in [5.41, 5.74) is 3.32. The molecule has 1 aromatic heterocycles. The van der Waals surface area contributed by atoms with Gasteiger partial charge in [-0.3, -0.25) is 9.48 Å². The first-order valence-corrected chi connectivity index (χ1v) is 7.91. The summed E-state index contributed by atoms with van der Waals surface area (Å²) in [6.07, 6.45) is 1.83. The van der Waals surface area contributed by atoms with E-state index in [9.17, 15) is 4.79 Å². The van der Waals surface area contributed by atoms with Gasteiger partial charge in [0.25, 0.3) is 0 Å². The Morgan fingerprint density at radius 1 is 1.58 bits per heavy atom. The van der Waals surface area contributed by atoms with Crippen molar-refractivity contribution in [1.82, 2.24) is 9.78 Å². The van der Waals surface area contributed by atoms with E-state index in [0.717, 1.165) is 29.3 Å². The molecule has 1 fully saturated rings. The van der Waals surface area contributed by atoms with Crippen LogP contribution in [0.2, 0.25) is 0 Å². The summed E-state index contributed by atoms with van der Waals surface area (Å²) in [7, 11) is 1.94. The van der Waals surface area contributed by atoms with E-state index in [1.165, 1.54) is 5.56 Å². The number of nitrogens with zero attached hydrogens (tertiary/aromatic N) is 2. The van der Waals surface area contributed by atoms with Crippen LogP contribution in [0.5, 0.6) is 0 Å². The summed E-state index contributed by atoms with van der Waals surface area (Å²) in [6, 6.07) is 0. The second kappa shape index (κ2) is 5.99. The van der Waals surface area contributed by atoms with Crippen LogP contribution >= 0.6 is 11.8 Å². The lowest BCUT2D eigenvalue weighted by molar-refractivity contribution is -0.152. The van der Waals surface area contributed by atoms with Crippen molar-refractivity contribution in [2.24, 2.45) is 13.0 Å². The fourth-order valence-electron chi connectivity index (χ4n) is 2.39. The number of thioether (sulfide) groups is 1. The number of ether oxygens (including phenoxy) is 1. The Kier molecular flexibility index (Phi) is 4.55. The zero-order valence-corrected chi connectivity index (χ0v) is 12.9. The molecule has 1 aliphatic heterocycles. The topological polar surface area (TPSA) is 44.1 Å². The summed E-state index contributed by atoms with van der Waals surface area (Å²) < 4.78 is 7.42. The van der Waals surface area contributed by atoms with Crippen LogP contribution in [0.4, 0.5) is 0 Å². The average molecular weight is 282 g/mol. The molecule has 106 valence electrons. The summed E-state index contributed by atoms with van der Waals surface area (Å²) in [4.78, 5) is 12.1. The van der Waals surface area contributed by atoms with E-state index in [4.69, 9.17) is 4.74 Å². The first kappa shape index (κ1) is 14.4. The van der Waals surface area contributed by atoms with Crippen LogP contribution < -0.4 is 0 Å². The number of carbonyl (C=O) groups is 1. The molecule has 2 rings (SSSR count). The first-order valence-electron chi connectivity index (χ1n) is 6.76. The van der Waals surface area contributed by atoms with Crippen LogP contribution in [0.25, 0.3) is 0 Å². The van der Waals surface area contributed by atoms with Crippen molar-refractivity contribution in [3.63, 3.8) is 0 Å². The maximum absolute atomic E-state index is 12.1. The Labute approximate surface area is 118 Å². The minimum Gasteiger partial charge on any atom is -0.461 e. The molecule has 0 aliphatic carbocycles. The molecule has 0 aromatic carbocycles. The molecule has 0 bridgehead atoms. The highest BCUT2D eigenvalue weighted by molar-refractivity contribution is 7.99. The number of aromatic nitrogens is 2. The number of carbonyl (C=O) groups excluding carboxylic acids is 1. The van der Waals surface area contributed by atoms with Gasteiger partial charge >= 0.3 is 5.97 Å². The number of hydrogen-bond acceptors (Lipinski definition) is 4. The molecule has 1 aromatic rings. The predicted molar refractivity (Wildman–Crippen MR) is 77.4 cm³/mol. The van der Waals surface area contributed by atoms with Crippen molar-refractivity contribution in [3.8, 4) is 0 Å². The van der Waals surface area contributed by atoms with E-state index in [-0.39, 0.29) is 18.0 Å².